The van der Waals surface area contributed by atoms with Gasteiger partial charge in [0.2, 0.25) is 0 Å². The van der Waals surface area contributed by atoms with Crippen LogP contribution in [0.5, 0.6) is 0 Å². The summed E-state index contributed by atoms with van der Waals surface area (Å²) < 4.78 is 120. The molecule has 164 valence electrons. The first-order valence-corrected chi connectivity index (χ1v) is 9.93. The SMILES string of the molecule is FC(F)(F)c1cccc(P(c2cccc(C(F)(F)F)c2)c2ccccc2C(F)(F)F)c1. The van der Waals surface area contributed by atoms with Crippen molar-refractivity contribution in [2.24, 2.45) is 0 Å². The highest BCUT2D eigenvalue weighted by atomic mass is 31.1. The average Bonchev–Trinajstić information content (AvgIpc) is 2.67. The van der Waals surface area contributed by atoms with Gasteiger partial charge in [0.15, 0.2) is 0 Å². The Labute approximate surface area is 172 Å². The molecule has 0 nitrogen and oxygen atoms in total. The molecule has 0 bridgehead atoms. The number of benzene rings is 3. The Hall–Kier alpha value is -2.54. The summed E-state index contributed by atoms with van der Waals surface area (Å²) in [6.07, 6.45) is -14.4. The fraction of sp³-hybridized carbons (Fsp3) is 0.143. The van der Waals surface area contributed by atoms with Crippen LogP contribution in [0.3, 0.4) is 0 Å². The van der Waals surface area contributed by atoms with Crippen molar-refractivity contribution in [1.29, 1.82) is 0 Å². The molecule has 0 aliphatic carbocycles. The zero-order valence-electron chi connectivity index (χ0n) is 15.3. The lowest BCUT2D eigenvalue weighted by Crippen LogP contribution is -2.28. The topological polar surface area (TPSA) is 0 Å². The standard InChI is InChI=1S/C21H12F9P/c22-19(23,24)13-5-3-7-15(11-13)31(16-8-4-6-14(12-16)20(25,26)27)18-10-2-1-9-17(18)21(28,29)30/h1-12H. The van der Waals surface area contributed by atoms with E-state index in [1.807, 2.05) is 0 Å². The van der Waals surface area contributed by atoms with Gasteiger partial charge in [-0.1, -0.05) is 42.5 Å². The minimum Gasteiger partial charge on any atom is -0.166 e. The van der Waals surface area contributed by atoms with Gasteiger partial charge in [0.1, 0.15) is 0 Å². The largest absolute Gasteiger partial charge is 0.417 e. The lowest BCUT2D eigenvalue weighted by Gasteiger charge is -2.24. The number of halogens is 9. The molecule has 0 radical (unpaired) electrons. The second kappa shape index (κ2) is 8.19. The van der Waals surface area contributed by atoms with E-state index in [9.17, 15) is 39.5 Å². The third-order valence-corrected chi connectivity index (χ3v) is 6.77. The molecule has 0 heterocycles. The van der Waals surface area contributed by atoms with Gasteiger partial charge in [0.25, 0.3) is 0 Å². The van der Waals surface area contributed by atoms with Crippen LogP contribution in [0, 0.1) is 0 Å². The fourth-order valence-electron chi connectivity index (χ4n) is 2.98. The fourth-order valence-corrected chi connectivity index (χ4v) is 5.52. The van der Waals surface area contributed by atoms with Crippen molar-refractivity contribution in [2.75, 3.05) is 0 Å². The average molecular weight is 466 g/mol. The van der Waals surface area contributed by atoms with Crippen LogP contribution >= 0.6 is 7.92 Å². The first-order valence-electron chi connectivity index (χ1n) is 8.59. The Kier molecular flexibility index (Phi) is 6.11. The molecule has 0 atom stereocenters. The summed E-state index contributed by atoms with van der Waals surface area (Å²) in [6, 6.07) is 11.5. The van der Waals surface area contributed by atoms with Crippen molar-refractivity contribution >= 4 is 23.8 Å². The van der Waals surface area contributed by atoms with E-state index in [-0.39, 0.29) is 15.9 Å². The molecule has 0 N–H and O–H groups in total. The van der Waals surface area contributed by atoms with Crippen LogP contribution in [0.25, 0.3) is 0 Å². The Morgan fingerprint density at radius 1 is 0.484 bits per heavy atom. The van der Waals surface area contributed by atoms with Crippen molar-refractivity contribution in [1.82, 2.24) is 0 Å². The maximum absolute atomic E-state index is 13.6. The third kappa shape index (κ3) is 5.21. The molecule has 3 aromatic carbocycles. The predicted molar refractivity (Wildman–Crippen MR) is 100 cm³/mol. The molecule has 0 amide bonds. The summed E-state index contributed by atoms with van der Waals surface area (Å²) in [5, 5.41) is -0.689. The van der Waals surface area contributed by atoms with Gasteiger partial charge in [-0.2, -0.15) is 39.5 Å². The van der Waals surface area contributed by atoms with Crippen LogP contribution in [-0.2, 0) is 18.5 Å². The normalized spacial score (nSPS) is 13.0. The molecule has 3 rings (SSSR count). The number of rotatable bonds is 3. The Morgan fingerprint density at radius 2 is 0.935 bits per heavy atom. The molecule has 0 aromatic heterocycles. The molecule has 0 saturated carbocycles. The summed E-state index contributed by atoms with van der Waals surface area (Å²) in [6.45, 7) is 0. The van der Waals surface area contributed by atoms with Crippen LogP contribution in [-0.4, -0.2) is 0 Å². The minimum atomic E-state index is -4.85. The van der Waals surface area contributed by atoms with E-state index in [0.29, 0.717) is 12.1 Å². The van der Waals surface area contributed by atoms with Crippen molar-refractivity contribution in [3.63, 3.8) is 0 Å². The van der Waals surface area contributed by atoms with E-state index in [1.54, 1.807) is 0 Å². The Bertz CT molecular complexity index is 1010. The van der Waals surface area contributed by atoms with Crippen LogP contribution in [0.2, 0.25) is 0 Å². The van der Waals surface area contributed by atoms with Crippen LogP contribution in [0.1, 0.15) is 16.7 Å². The molecular formula is C21H12F9P. The maximum Gasteiger partial charge on any atom is 0.417 e. The number of hydrogen-bond acceptors (Lipinski definition) is 0. The highest BCUT2D eigenvalue weighted by Crippen LogP contribution is 2.41. The number of hydrogen-bond donors (Lipinski definition) is 0. The molecule has 0 aliphatic heterocycles. The van der Waals surface area contributed by atoms with Gasteiger partial charge in [-0.3, -0.25) is 0 Å². The monoisotopic (exact) mass is 466 g/mol. The van der Waals surface area contributed by atoms with Gasteiger partial charge >= 0.3 is 18.5 Å². The Morgan fingerprint density at radius 3 is 1.35 bits per heavy atom. The van der Waals surface area contributed by atoms with Gasteiger partial charge in [-0.05, 0) is 54.2 Å². The molecule has 0 unspecified atom stereocenters. The highest BCUT2D eigenvalue weighted by molar-refractivity contribution is 7.79. The zero-order valence-corrected chi connectivity index (χ0v) is 16.2. The molecule has 0 aliphatic rings. The van der Waals surface area contributed by atoms with E-state index in [4.69, 9.17) is 0 Å². The Balaban J connectivity index is 2.30. The summed E-state index contributed by atoms with van der Waals surface area (Å²) in [5.41, 5.74) is -3.32. The molecule has 0 saturated heterocycles. The quantitative estimate of drug-likeness (QED) is 0.305. The summed E-state index contributed by atoms with van der Waals surface area (Å²) >= 11 is 0. The van der Waals surface area contributed by atoms with E-state index >= 15 is 0 Å². The molecule has 3 aromatic rings. The summed E-state index contributed by atoms with van der Waals surface area (Å²) in [5.74, 6) is 0. The van der Waals surface area contributed by atoms with Crippen molar-refractivity contribution in [3.8, 4) is 0 Å². The molecule has 10 heteroatoms. The number of alkyl halides is 9. The second-order valence-electron chi connectivity index (χ2n) is 6.45. The summed E-state index contributed by atoms with van der Waals surface area (Å²) in [4.78, 5) is 0. The van der Waals surface area contributed by atoms with Gasteiger partial charge in [-0.25, -0.2) is 0 Å². The molecule has 31 heavy (non-hydrogen) atoms. The third-order valence-electron chi connectivity index (χ3n) is 4.31. The van der Waals surface area contributed by atoms with Gasteiger partial charge in [-0.15, -0.1) is 0 Å². The summed E-state index contributed by atoms with van der Waals surface area (Å²) in [7, 11) is -2.38. The van der Waals surface area contributed by atoms with Gasteiger partial charge < -0.3 is 0 Å². The van der Waals surface area contributed by atoms with E-state index in [1.165, 1.54) is 18.2 Å². The van der Waals surface area contributed by atoms with Crippen molar-refractivity contribution in [3.05, 3.63) is 89.5 Å². The molecule has 0 spiro atoms. The molecular weight excluding hydrogens is 454 g/mol. The first-order chi connectivity index (χ1) is 14.3. The smallest absolute Gasteiger partial charge is 0.166 e. The lowest BCUT2D eigenvalue weighted by atomic mass is 10.2. The van der Waals surface area contributed by atoms with E-state index in [0.717, 1.165) is 42.5 Å². The van der Waals surface area contributed by atoms with Crippen LogP contribution in [0.15, 0.2) is 72.8 Å². The predicted octanol–water partition coefficient (Wildman–Crippen LogP) is 6.50. The van der Waals surface area contributed by atoms with E-state index in [2.05, 4.69) is 0 Å². The zero-order chi connectivity index (χ0) is 23.0. The highest BCUT2D eigenvalue weighted by Gasteiger charge is 2.38. The lowest BCUT2D eigenvalue weighted by molar-refractivity contribution is -0.138. The van der Waals surface area contributed by atoms with E-state index < -0.39 is 43.1 Å². The minimum absolute atomic E-state index is 0.152. The van der Waals surface area contributed by atoms with Crippen LogP contribution < -0.4 is 15.9 Å². The maximum atomic E-state index is 13.6. The van der Waals surface area contributed by atoms with Gasteiger partial charge in [0.05, 0.1) is 16.7 Å². The van der Waals surface area contributed by atoms with Crippen molar-refractivity contribution < 1.29 is 39.5 Å². The second-order valence-corrected chi connectivity index (χ2v) is 8.63. The van der Waals surface area contributed by atoms with Gasteiger partial charge in [0, 0.05) is 0 Å². The van der Waals surface area contributed by atoms with Crippen molar-refractivity contribution in [2.45, 2.75) is 18.5 Å². The first kappa shape index (κ1) is 23.1. The van der Waals surface area contributed by atoms with Crippen LogP contribution in [0.4, 0.5) is 39.5 Å². The molecule has 0 fully saturated rings.